The summed E-state index contributed by atoms with van der Waals surface area (Å²) < 4.78 is 10.3. The van der Waals surface area contributed by atoms with Crippen LogP contribution in [0.1, 0.15) is 5.56 Å². The van der Waals surface area contributed by atoms with Gasteiger partial charge in [-0.05, 0) is 36.1 Å². The highest BCUT2D eigenvalue weighted by atomic mass is 32.1. The van der Waals surface area contributed by atoms with E-state index in [0.717, 1.165) is 10.4 Å². The number of phenols is 1. The maximum Gasteiger partial charge on any atom is 0.270 e. The number of aryl methyl sites for hydroxylation is 1. The Hall–Kier alpha value is -2.54. The van der Waals surface area contributed by atoms with Crippen LogP contribution in [0.25, 0.3) is 22.2 Å². The lowest BCUT2D eigenvalue weighted by atomic mass is 10.2. The van der Waals surface area contributed by atoms with Gasteiger partial charge in [-0.25, -0.2) is 0 Å². The van der Waals surface area contributed by atoms with Gasteiger partial charge in [-0.3, -0.25) is 0 Å². The summed E-state index contributed by atoms with van der Waals surface area (Å²) in [4.78, 5) is 5.11. The summed E-state index contributed by atoms with van der Waals surface area (Å²) in [5, 5.41) is 15.5. The summed E-state index contributed by atoms with van der Waals surface area (Å²) in [5.41, 5.74) is 8.30. The van der Waals surface area contributed by atoms with E-state index in [0.29, 0.717) is 28.7 Å². The Balaban J connectivity index is 2.00. The van der Waals surface area contributed by atoms with Gasteiger partial charge in [0.1, 0.15) is 4.88 Å². The molecule has 0 atom stereocenters. The zero-order valence-electron chi connectivity index (χ0n) is 11.5. The Kier molecular flexibility index (Phi) is 3.26. The number of nitrogens with two attached hydrogens (primary N) is 1. The Bertz CT molecular complexity index is 795. The number of aromatic nitrogens is 2. The lowest BCUT2D eigenvalue weighted by molar-refractivity contribution is 0.373. The van der Waals surface area contributed by atoms with E-state index in [1.54, 1.807) is 12.1 Å². The molecule has 0 aliphatic carbocycles. The van der Waals surface area contributed by atoms with Gasteiger partial charge in [0.25, 0.3) is 5.89 Å². The van der Waals surface area contributed by atoms with Gasteiger partial charge < -0.3 is 20.1 Å². The number of benzene rings is 1. The quantitative estimate of drug-likeness (QED) is 0.772. The highest BCUT2D eigenvalue weighted by Crippen LogP contribution is 2.35. The van der Waals surface area contributed by atoms with E-state index in [2.05, 4.69) is 10.1 Å². The predicted molar refractivity (Wildman–Crippen MR) is 80.4 cm³/mol. The third-order valence-corrected chi connectivity index (χ3v) is 4.18. The number of rotatable bonds is 3. The van der Waals surface area contributed by atoms with Crippen molar-refractivity contribution in [1.82, 2.24) is 10.1 Å². The Morgan fingerprint density at radius 2 is 2.19 bits per heavy atom. The number of ether oxygens (including phenoxy) is 1. The van der Waals surface area contributed by atoms with Crippen LogP contribution in [0.15, 0.2) is 28.1 Å². The maximum atomic E-state index is 9.60. The molecule has 0 amide bonds. The van der Waals surface area contributed by atoms with Crippen LogP contribution in [0.2, 0.25) is 0 Å². The summed E-state index contributed by atoms with van der Waals surface area (Å²) in [6.45, 7) is 1.93. The monoisotopic (exact) mass is 303 g/mol. The van der Waals surface area contributed by atoms with Gasteiger partial charge in [0, 0.05) is 5.56 Å². The predicted octanol–water partition coefficient (Wildman–Crippen LogP) is 3.07. The average Bonchev–Trinajstić information content (AvgIpc) is 3.08. The molecule has 3 rings (SSSR count). The van der Waals surface area contributed by atoms with Gasteiger partial charge in [0.15, 0.2) is 11.5 Å². The minimum atomic E-state index is 0.0584. The third kappa shape index (κ3) is 2.31. The molecule has 7 heteroatoms. The molecule has 6 nitrogen and oxygen atoms in total. The van der Waals surface area contributed by atoms with Crippen LogP contribution < -0.4 is 10.5 Å². The molecule has 2 heterocycles. The molecule has 3 aromatic rings. The first-order valence-corrected chi connectivity index (χ1v) is 7.03. The lowest BCUT2D eigenvalue weighted by Crippen LogP contribution is -1.88. The SMILES string of the molecule is COc1cc(-c2noc(-c3scc(C)c3N)n2)ccc1O. The maximum absolute atomic E-state index is 9.60. The second kappa shape index (κ2) is 5.10. The molecule has 0 radical (unpaired) electrons. The molecule has 1 aromatic carbocycles. The molecule has 0 saturated carbocycles. The first-order chi connectivity index (χ1) is 10.1. The molecule has 2 aromatic heterocycles. The summed E-state index contributed by atoms with van der Waals surface area (Å²) in [6.07, 6.45) is 0. The Morgan fingerprint density at radius 3 is 2.86 bits per heavy atom. The summed E-state index contributed by atoms with van der Waals surface area (Å²) in [6, 6.07) is 4.86. The van der Waals surface area contributed by atoms with Crippen molar-refractivity contribution >= 4 is 17.0 Å². The van der Waals surface area contributed by atoms with E-state index in [9.17, 15) is 5.11 Å². The smallest absolute Gasteiger partial charge is 0.270 e. The van der Waals surface area contributed by atoms with Gasteiger partial charge in [-0.1, -0.05) is 5.16 Å². The van der Waals surface area contributed by atoms with E-state index in [1.165, 1.54) is 24.5 Å². The second-order valence-electron chi connectivity index (χ2n) is 4.47. The zero-order chi connectivity index (χ0) is 15.0. The molecule has 108 valence electrons. The number of nitrogen functional groups attached to an aromatic ring is 1. The zero-order valence-corrected chi connectivity index (χ0v) is 12.3. The minimum Gasteiger partial charge on any atom is -0.504 e. The van der Waals surface area contributed by atoms with Gasteiger partial charge in [-0.2, -0.15) is 4.98 Å². The van der Waals surface area contributed by atoms with Crippen LogP contribution in [0.5, 0.6) is 11.5 Å². The number of thiophene rings is 1. The van der Waals surface area contributed by atoms with Crippen LogP contribution in [-0.2, 0) is 0 Å². The molecule has 0 aliphatic heterocycles. The van der Waals surface area contributed by atoms with Crippen molar-refractivity contribution in [3.63, 3.8) is 0 Å². The van der Waals surface area contributed by atoms with Gasteiger partial charge in [0.2, 0.25) is 5.82 Å². The van der Waals surface area contributed by atoms with E-state index < -0.39 is 0 Å². The molecule has 3 N–H and O–H groups in total. The van der Waals surface area contributed by atoms with Gasteiger partial charge >= 0.3 is 0 Å². The average molecular weight is 303 g/mol. The number of hydrogen-bond donors (Lipinski definition) is 2. The van der Waals surface area contributed by atoms with Crippen molar-refractivity contribution in [2.75, 3.05) is 12.8 Å². The fraction of sp³-hybridized carbons (Fsp3) is 0.143. The van der Waals surface area contributed by atoms with Crippen LogP contribution in [0.4, 0.5) is 5.69 Å². The topological polar surface area (TPSA) is 94.4 Å². The molecule has 0 aliphatic rings. The molecule has 21 heavy (non-hydrogen) atoms. The van der Waals surface area contributed by atoms with Crippen molar-refractivity contribution in [1.29, 1.82) is 0 Å². The molecule has 0 saturated heterocycles. The largest absolute Gasteiger partial charge is 0.504 e. The summed E-state index contributed by atoms with van der Waals surface area (Å²) in [7, 11) is 1.48. The summed E-state index contributed by atoms with van der Waals surface area (Å²) in [5.74, 6) is 1.20. The van der Waals surface area contributed by atoms with Gasteiger partial charge in [0.05, 0.1) is 12.8 Å². The van der Waals surface area contributed by atoms with E-state index in [1.807, 2.05) is 12.3 Å². The molecule has 0 fully saturated rings. The van der Waals surface area contributed by atoms with Crippen LogP contribution in [0.3, 0.4) is 0 Å². The van der Waals surface area contributed by atoms with Crippen molar-refractivity contribution < 1.29 is 14.4 Å². The molecular weight excluding hydrogens is 290 g/mol. The fourth-order valence-electron chi connectivity index (χ4n) is 1.87. The number of hydrogen-bond acceptors (Lipinski definition) is 7. The van der Waals surface area contributed by atoms with Crippen molar-refractivity contribution in [2.45, 2.75) is 6.92 Å². The van der Waals surface area contributed by atoms with E-state index >= 15 is 0 Å². The van der Waals surface area contributed by atoms with Gasteiger partial charge in [-0.15, -0.1) is 11.3 Å². The second-order valence-corrected chi connectivity index (χ2v) is 5.35. The molecule has 0 bridgehead atoms. The molecular formula is C14H13N3O3S. The first-order valence-electron chi connectivity index (χ1n) is 6.15. The minimum absolute atomic E-state index is 0.0584. The highest BCUT2D eigenvalue weighted by molar-refractivity contribution is 7.14. The highest BCUT2D eigenvalue weighted by Gasteiger charge is 2.16. The van der Waals surface area contributed by atoms with Crippen molar-refractivity contribution in [3.05, 3.63) is 29.1 Å². The number of aromatic hydroxyl groups is 1. The Labute approximate surface area is 124 Å². The van der Waals surface area contributed by atoms with E-state index in [-0.39, 0.29) is 5.75 Å². The fourth-order valence-corrected chi connectivity index (χ4v) is 2.76. The van der Waals surface area contributed by atoms with Crippen LogP contribution in [-0.4, -0.2) is 22.4 Å². The molecule has 0 unspecified atom stereocenters. The van der Waals surface area contributed by atoms with E-state index in [4.69, 9.17) is 15.0 Å². The number of anilines is 1. The van der Waals surface area contributed by atoms with Crippen molar-refractivity contribution in [2.24, 2.45) is 0 Å². The van der Waals surface area contributed by atoms with Crippen molar-refractivity contribution in [3.8, 4) is 33.7 Å². The molecule has 0 spiro atoms. The Morgan fingerprint density at radius 1 is 1.38 bits per heavy atom. The lowest BCUT2D eigenvalue weighted by Gasteiger charge is -2.03. The van der Waals surface area contributed by atoms with Crippen LogP contribution >= 0.6 is 11.3 Å². The number of methoxy groups -OCH3 is 1. The first kappa shape index (κ1) is 13.4. The standard InChI is InChI=1S/C14H13N3O3S/c1-7-6-21-12(11(7)15)14-16-13(17-20-14)8-3-4-9(18)10(5-8)19-2/h3-6,18H,15H2,1-2H3. The van der Waals surface area contributed by atoms with Crippen LogP contribution in [0, 0.1) is 6.92 Å². The number of nitrogens with zero attached hydrogens (tertiary/aromatic N) is 2. The summed E-state index contributed by atoms with van der Waals surface area (Å²) >= 11 is 1.46. The number of phenolic OH excluding ortho intramolecular Hbond substituents is 1. The third-order valence-electron chi connectivity index (χ3n) is 3.08. The normalized spacial score (nSPS) is 10.8.